The molecule has 104 valence electrons. The molecule has 1 N–H and O–H groups in total. The number of hydrogen-bond acceptors (Lipinski definition) is 3. The first-order valence-electron chi connectivity index (χ1n) is 6.12. The Morgan fingerprint density at radius 2 is 2.21 bits per heavy atom. The number of nitro benzene ring substituents is 1. The second-order valence-electron chi connectivity index (χ2n) is 4.28. The van der Waals surface area contributed by atoms with E-state index in [1.54, 1.807) is 19.1 Å². The van der Waals surface area contributed by atoms with Crippen molar-refractivity contribution in [3.05, 3.63) is 39.4 Å². The van der Waals surface area contributed by atoms with Crippen LogP contribution in [0.2, 0.25) is 0 Å². The predicted molar refractivity (Wildman–Crippen MR) is 77.8 cm³/mol. The third-order valence-corrected chi connectivity index (χ3v) is 3.42. The van der Waals surface area contributed by atoms with Gasteiger partial charge in [0.05, 0.1) is 4.92 Å². The number of carbonyl (C=O) groups is 1. The lowest BCUT2D eigenvalue weighted by molar-refractivity contribution is -0.385. The van der Waals surface area contributed by atoms with Gasteiger partial charge in [0.1, 0.15) is 5.56 Å². The Morgan fingerprint density at radius 1 is 1.53 bits per heavy atom. The molecule has 1 rings (SSSR count). The SMILES string of the molecule is CCC(CCBr)NC(=O)c1c(C)cccc1[N+](=O)[O-]. The van der Waals surface area contributed by atoms with E-state index >= 15 is 0 Å². The predicted octanol–water partition coefficient (Wildman–Crippen LogP) is 3.20. The van der Waals surface area contributed by atoms with Crippen molar-refractivity contribution in [1.82, 2.24) is 5.32 Å². The summed E-state index contributed by atoms with van der Waals surface area (Å²) in [6.07, 6.45) is 1.58. The third-order valence-electron chi connectivity index (χ3n) is 2.96. The van der Waals surface area contributed by atoms with E-state index in [0.29, 0.717) is 5.56 Å². The Labute approximate surface area is 120 Å². The second kappa shape index (κ2) is 7.23. The maximum absolute atomic E-state index is 12.2. The van der Waals surface area contributed by atoms with Gasteiger partial charge in [-0.2, -0.15) is 0 Å². The summed E-state index contributed by atoms with van der Waals surface area (Å²) >= 11 is 3.33. The zero-order valence-corrected chi connectivity index (χ0v) is 12.6. The smallest absolute Gasteiger partial charge is 0.282 e. The quantitative estimate of drug-likeness (QED) is 0.495. The molecule has 0 spiro atoms. The van der Waals surface area contributed by atoms with Crippen LogP contribution < -0.4 is 5.32 Å². The monoisotopic (exact) mass is 328 g/mol. The fourth-order valence-electron chi connectivity index (χ4n) is 1.87. The molecule has 0 heterocycles. The highest BCUT2D eigenvalue weighted by Gasteiger charge is 2.23. The number of carbonyl (C=O) groups excluding carboxylic acids is 1. The molecule has 0 fully saturated rings. The second-order valence-corrected chi connectivity index (χ2v) is 5.08. The van der Waals surface area contributed by atoms with Gasteiger partial charge in [-0.15, -0.1) is 0 Å². The van der Waals surface area contributed by atoms with Gasteiger partial charge in [0.2, 0.25) is 0 Å². The van der Waals surface area contributed by atoms with Crippen molar-refractivity contribution < 1.29 is 9.72 Å². The van der Waals surface area contributed by atoms with Gasteiger partial charge in [-0.1, -0.05) is 35.0 Å². The number of nitro groups is 1. The number of aryl methyl sites for hydroxylation is 1. The number of nitrogens with zero attached hydrogens (tertiary/aromatic N) is 1. The lowest BCUT2D eigenvalue weighted by Crippen LogP contribution is -2.35. The summed E-state index contributed by atoms with van der Waals surface area (Å²) in [5.74, 6) is -0.377. The number of alkyl halides is 1. The van der Waals surface area contributed by atoms with Crippen LogP contribution in [0.5, 0.6) is 0 Å². The zero-order valence-electron chi connectivity index (χ0n) is 11.0. The van der Waals surface area contributed by atoms with E-state index in [1.165, 1.54) is 6.07 Å². The van der Waals surface area contributed by atoms with Gasteiger partial charge >= 0.3 is 0 Å². The van der Waals surface area contributed by atoms with E-state index in [1.807, 2.05) is 6.92 Å². The minimum atomic E-state index is -0.520. The molecular formula is C13H17BrN2O3. The molecule has 0 radical (unpaired) electrons. The van der Waals surface area contributed by atoms with Crippen LogP contribution in [0.15, 0.2) is 18.2 Å². The molecule has 19 heavy (non-hydrogen) atoms. The molecular weight excluding hydrogens is 312 g/mol. The normalized spacial score (nSPS) is 11.9. The lowest BCUT2D eigenvalue weighted by Gasteiger charge is -2.16. The summed E-state index contributed by atoms with van der Waals surface area (Å²) in [5, 5.41) is 14.6. The maximum atomic E-state index is 12.2. The standard InChI is InChI=1S/C13H17BrN2O3/c1-3-10(7-8-14)15-13(17)12-9(2)5-4-6-11(12)16(18)19/h4-6,10H,3,7-8H2,1-2H3,(H,15,17). The van der Waals surface area contributed by atoms with Gasteiger partial charge in [-0.25, -0.2) is 0 Å². The lowest BCUT2D eigenvalue weighted by atomic mass is 10.0. The molecule has 0 bridgehead atoms. The van der Waals surface area contributed by atoms with Crippen LogP contribution >= 0.6 is 15.9 Å². The molecule has 5 nitrogen and oxygen atoms in total. The number of benzene rings is 1. The van der Waals surface area contributed by atoms with E-state index in [2.05, 4.69) is 21.2 Å². The Hall–Kier alpha value is -1.43. The van der Waals surface area contributed by atoms with Gasteiger partial charge in [-0.3, -0.25) is 14.9 Å². The van der Waals surface area contributed by atoms with Crippen LogP contribution in [0.25, 0.3) is 0 Å². The molecule has 6 heteroatoms. The summed E-state index contributed by atoms with van der Waals surface area (Å²) in [7, 11) is 0. The average molecular weight is 329 g/mol. The van der Waals surface area contributed by atoms with Crippen LogP contribution in [0.1, 0.15) is 35.7 Å². The van der Waals surface area contributed by atoms with Crippen molar-refractivity contribution in [3.8, 4) is 0 Å². The van der Waals surface area contributed by atoms with Crippen molar-refractivity contribution in [3.63, 3.8) is 0 Å². The fraction of sp³-hybridized carbons (Fsp3) is 0.462. The van der Waals surface area contributed by atoms with Gasteiger partial charge in [0, 0.05) is 17.4 Å². The van der Waals surface area contributed by atoms with E-state index in [4.69, 9.17) is 0 Å². The van der Waals surface area contributed by atoms with Crippen LogP contribution in [-0.2, 0) is 0 Å². The van der Waals surface area contributed by atoms with Crippen molar-refractivity contribution in [1.29, 1.82) is 0 Å². The largest absolute Gasteiger partial charge is 0.349 e. The van der Waals surface area contributed by atoms with Crippen molar-refractivity contribution >= 4 is 27.5 Å². The average Bonchev–Trinajstić information content (AvgIpc) is 2.37. The first-order valence-corrected chi connectivity index (χ1v) is 7.24. The summed E-state index contributed by atoms with van der Waals surface area (Å²) in [4.78, 5) is 22.7. The van der Waals surface area contributed by atoms with Crippen LogP contribution in [0.3, 0.4) is 0 Å². The van der Waals surface area contributed by atoms with Gasteiger partial charge in [0.15, 0.2) is 0 Å². The summed E-state index contributed by atoms with van der Waals surface area (Å²) in [6, 6.07) is 4.66. The highest BCUT2D eigenvalue weighted by atomic mass is 79.9. The van der Waals surface area contributed by atoms with Crippen molar-refractivity contribution in [2.75, 3.05) is 5.33 Å². The van der Waals surface area contributed by atoms with Crippen molar-refractivity contribution in [2.45, 2.75) is 32.7 Å². The Balaban J connectivity index is 3.02. The summed E-state index contributed by atoms with van der Waals surface area (Å²) in [5.41, 5.74) is 0.618. The van der Waals surface area contributed by atoms with Crippen molar-refractivity contribution in [2.24, 2.45) is 0 Å². The van der Waals surface area contributed by atoms with Crippen LogP contribution in [0.4, 0.5) is 5.69 Å². The first kappa shape index (κ1) is 15.6. The number of rotatable bonds is 6. The van der Waals surface area contributed by atoms with Crippen LogP contribution in [0, 0.1) is 17.0 Å². The molecule has 1 amide bonds. The molecule has 0 aromatic heterocycles. The Kier molecular flexibility index (Phi) is 5.95. The minimum absolute atomic E-state index is 0.0195. The number of halogens is 1. The molecule has 1 atom stereocenters. The number of nitrogens with one attached hydrogen (secondary N) is 1. The topological polar surface area (TPSA) is 72.2 Å². The molecule has 0 aliphatic heterocycles. The number of hydrogen-bond donors (Lipinski definition) is 1. The third kappa shape index (κ3) is 4.02. The van der Waals surface area contributed by atoms with Crippen LogP contribution in [-0.4, -0.2) is 22.2 Å². The Morgan fingerprint density at radius 3 is 2.74 bits per heavy atom. The van der Waals surface area contributed by atoms with Gasteiger partial charge < -0.3 is 5.32 Å². The van der Waals surface area contributed by atoms with E-state index in [0.717, 1.165) is 18.2 Å². The Bertz CT molecular complexity index is 477. The van der Waals surface area contributed by atoms with Gasteiger partial charge in [-0.05, 0) is 25.3 Å². The van der Waals surface area contributed by atoms with E-state index in [-0.39, 0.29) is 23.2 Å². The minimum Gasteiger partial charge on any atom is -0.349 e. The maximum Gasteiger partial charge on any atom is 0.282 e. The first-order chi connectivity index (χ1) is 9.01. The molecule has 0 saturated carbocycles. The van der Waals surface area contributed by atoms with E-state index in [9.17, 15) is 14.9 Å². The summed E-state index contributed by atoms with van der Waals surface area (Å²) in [6.45, 7) is 3.67. The highest BCUT2D eigenvalue weighted by molar-refractivity contribution is 9.09. The zero-order chi connectivity index (χ0) is 14.4. The van der Waals surface area contributed by atoms with E-state index < -0.39 is 4.92 Å². The molecule has 0 saturated heterocycles. The molecule has 0 aliphatic carbocycles. The van der Waals surface area contributed by atoms with Gasteiger partial charge in [0.25, 0.3) is 11.6 Å². The summed E-state index contributed by atoms with van der Waals surface area (Å²) < 4.78 is 0. The highest BCUT2D eigenvalue weighted by Crippen LogP contribution is 2.22. The molecule has 1 aromatic rings. The molecule has 0 aliphatic rings. The molecule has 1 unspecified atom stereocenters. The number of amides is 1. The molecule has 1 aromatic carbocycles. The fourth-order valence-corrected chi connectivity index (χ4v) is 2.42.